The van der Waals surface area contributed by atoms with Crippen molar-refractivity contribution in [3.8, 4) is 0 Å². The lowest BCUT2D eigenvalue weighted by Gasteiger charge is -2.06. The Balaban J connectivity index is 4.10. The van der Waals surface area contributed by atoms with Gasteiger partial charge >= 0.3 is 0 Å². The zero-order valence-corrected chi connectivity index (χ0v) is 8.92. The van der Waals surface area contributed by atoms with E-state index < -0.39 is 0 Å². The van der Waals surface area contributed by atoms with E-state index in [4.69, 9.17) is 10.5 Å². The van der Waals surface area contributed by atoms with Gasteiger partial charge < -0.3 is 10.5 Å². The van der Waals surface area contributed by atoms with Gasteiger partial charge in [-0.2, -0.15) is 0 Å². The van der Waals surface area contributed by atoms with Crippen LogP contribution in [0.3, 0.4) is 0 Å². The second-order valence-electron chi connectivity index (χ2n) is 3.09. The van der Waals surface area contributed by atoms with Crippen molar-refractivity contribution in [3.05, 3.63) is 24.0 Å². The Morgan fingerprint density at radius 1 is 1.46 bits per heavy atom. The first kappa shape index (κ1) is 12.2. The minimum absolute atomic E-state index is 0.0494. The Kier molecular flexibility index (Phi) is 7.41. The average molecular weight is 183 g/mol. The van der Waals surface area contributed by atoms with Crippen LogP contribution < -0.4 is 5.73 Å². The largest absolute Gasteiger partial charge is 0.494 e. The summed E-state index contributed by atoms with van der Waals surface area (Å²) in [7, 11) is 0. The highest BCUT2D eigenvalue weighted by atomic mass is 16.5. The minimum atomic E-state index is 0.0494. The van der Waals surface area contributed by atoms with Crippen LogP contribution in [0.1, 0.15) is 33.6 Å². The maximum absolute atomic E-state index is 5.65. The van der Waals surface area contributed by atoms with Gasteiger partial charge in [-0.15, -0.1) is 0 Å². The maximum atomic E-state index is 5.65. The molecule has 0 aliphatic heterocycles. The molecule has 0 saturated heterocycles. The van der Waals surface area contributed by atoms with Crippen molar-refractivity contribution in [1.82, 2.24) is 0 Å². The fourth-order valence-electron chi connectivity index (χ4n) is 0.865. The number of hydrogen-bond donors (Lipinski definition) is 1. The Morgan fingerprint density at radius 3 is 2.62 bits per heavy atom. The molecule has 0 heterocycles. The molecule has 0 aromatic heterocycles. The van der Waals surface area contributed by atoms with E-state index in [0.29, 0.717) is 0 Å². The predicted molar refractivity (Wildman–Crippen MR) is 57.4 cm³/mol. The molecule has 0 aromatic rings. The fourth-order valence-corrected chi connectivity index (χ4v) is 0.865. The van der Waals surface area contributed by atoms with E-state index in [1.807, 2.05) is 19.1 Å². The maximum Gasteiger partial charge on any atom is 0.116 e. The first-order valence-corrected chi connectivity index (χ1v) is 4.97. The van der Waals surface area contributed by atoms with Gasteiger partial charge in [0, 0.05) is 6.04 Å². The van der Waals surface area contributed by atoms with Crippen LogP contribution in [0.2, 0.25) is 0 Å². The van der Waals surface area contributed by atoms with Gasteiger partial charge in [-0.1, -0.05) is 19.9 Å². The second-order valence-corrected chi connectivity index (χ2v) is 3.09. The topological polar surface area (TPSA) is 35.2 Å². The van der Waals surface area contributed by atoms with Crippen LogP contribution in [-0.4, -0.2) is 12.6 Å². The molecule has 0 aliphatic carbocycles. The summed E-state index contributed by atoms with van der Waals surface area (Å²) < 4.78 is 5.50. The van der Waals surface area contributed by atoms with E-state index in [2.05, 4.69) is 19.9 Å². The first-order valence-electron chi connectivity index (χ1n) is 4.97. The normalized spacial score (nSPS) is 14.9. The third-order valence-electron chi connectivity index (χ3n) is 1.42. The van der Waals surface area contributed by atoms with Crippen molar-refractivity contribution in [1.29, 1.82) is 0 Å². The van der Waals surface area contributed by atoms with Gasteiger partial charge in [0.1, 0.15) is 5.76 Å². The molecule has 0 amide bonds. The molecule has 76 valence electrons. The Hall–Kier alpha value is -0.760. The Labute approximate surface area is 81.5 Å². The summed E-state index contributed by atoms with van der Waals surface area (Å²) in [5.74, 6) is 0.888. The first-order chi connectivity index (χ1) is 6.20. The standard InChI is InChI=1S/C11H21NO/c1-4-6-7-11(9-10(3)12)13-8-5-2/h6-7,9-10H,4-5,8,12H2,1-3H3/b7-6-,11-9+. The number of nitrogens with two attached hydrogens (primary N) is 1. The molecule has 1 unspecified atom stereocenters. The number of hydrogen-bond acceptors (Lipinski definition) is 2. The number of rotatable bonds is 6. The Morgan fingerprint density at radius 2 is 2.15 bits per heavy atom. The minimum Gasteiger partial charge on any atom is -0.494 e. The van der Waals surface area contributed by atoms with Crippen LogP contribution >= 0.6 is 0 Å². The molecular formula is C11H21NO. The van der Waals surface area contributed by atoms with E-state index in [-0.39, 0.29) is 6.04 Å². The van der Waals surface area contributed by atoms with Crippen LogP contribution in [0, 0.1) is 0 Å². The predicted octanol–water partition coefficient (Wildman–Crippen LogP) is 2.61. The van der Waals surface area contributed by atoms with E-state index >= 15 is 0 Å². The van der Waals surface area contributed by atoms with Crippen LogP contribution in [0.4, 0.5) is 0 Å². The SMILES string of the molecule is CC/C=C\C(=C/C(C)N)OCCC. The lowest BCUT2D eigenvalue weighted by Crippen LogP contribution is -2.12. The zero-order valence-electron chi connectivity index (χ0n) is 8.92. The summed E-state index contributed by atoms with van der Waals surface area (Å²) in [6.07, 6.45) is 8.03. The molecule has 1 atom stereocenters. The molecule has 0 spiro atoms. The lowest BCUT2D eigenvalue weighted by atomic mass is 10.2. The third-order valence-corrected chi connectivity index (χ3v) is 1.42. The quantitative estimate of drug-likeness (QED) is 0.507. The highest BCUT2D eigenvalue weighted by molar-refractivity contribution is 5.13. The molecule has 0 radical (unpaired) electrons. The molecular weight excluding hydrogens is 162 g/mol. The molecule has 0 bridgehead atoms. The lowest BCUT2D eigenvalue weighted by molar-refractivity contribution is 0.223. The highest BCUT2D eigenvalue weighted by Crippen LogP contribution is 2.02. The van der Waals surface area contributed by atoms with E-state index in [1.165, 1.54) is 0 Å². The number of ether oxygens (including phenoxy) is 1. The smallest absolute Gasteiger partial charge is 0.116 e. The van der Waals surface area contributed by atoms with E-state index in [1.54, 1.807) is 0 Å². The molecule has 2 N–H and O–H groups in total. The van der Waals surface area contributed by atoms with Gasteiger partial charge in [0.2, 0.25) is 0 Å². The van der Waals surface area contributed by atoms with Crippen LogP contribution in [-0.2, 0) is 4.74 Å². The van der Waals surface area contributed by atoms with Crippen molar-refractivity contribution in [2.24, 2.45) is 5.73 Å². The molecule has 13 heavy (non-hydrogen) atoms. The van der Waals surface area contributed by atoms with Crippen molar-refractivity contribution in [3.63, 3.8) is 0 Å². The van der Waals surface area contributed by atoms with Gasteiger partial charge in [-0.05, 0) is 31.9 Å². The van der Waals surface area contributed by atoms with Gasteiger partial charge in [0.05, 0.1) is 6.61 Å². The van der Waals surface area contributed by atoms with Gasteiger partial charge in [0.25, 0.3) is 0 Å². The van der Waals surface area contributed by atoms with Crippen LogP contribution in [0.25, 0.3) is 0 Å². The van der Waals surface area contributed by atoms with Gasteiger partial charge in [-0.3, -0.25) is 0 Å². The summed E-state index contributed by atoms with van der Waals surface area (Å²) in [5.41, 5.74) is 5.65. The highest BCUT2D eigenvalue weighted by Gasteiger charge is 1.94. The van der Waals surface area contributed by atoms with Crippen molar-refractivity contribution in [2.45, 2.75) is 39.7 Å². The summed E-state index contributed by atoms with van der Waals surface area (Å²) in [6, 6.07) is 0.0494. The van der Waals surface area contributed by atoms with E-state index in [9.17, 15) is 0 Å². The molecule has 0 saturated carbocycles. The van der Waals surface area contributed by atoms with Crippen molar-refractivity contribution < 1.29 is 4.74 Å². The zero-order chi connectivity index (χ0) is 10.1. The molecule has 2 nitrogen and oxygen atoms in total. The third kappa shape index (κ3) is 7.60. The van der Waals surface area contributed by atoms with Crippen molar-refractivity contribution >= 4 is 0 Å². The molecule has 0 rings (SSSR count). The number of allylic oxidation sites excluding steroid dienone is 2. The van der Waals surface area contributed by atoms with Crippen molar-refractivity contribution in [2.75, 3.05) is 6.61 Å². The summed E-state index contributed by atoms with van der Waals surface area (Å²) in [4.78, 5) is 0. The molecule has 0 aromatic carbocycles. The van der Waals surface area contributed by atoms with Crippen LogP contribution in [0.5, 0.6) is 0 Å². The molecule has 0 fully saturated rings. The monoisotopic (exact) mass is 183 g/mol. The fraction of sp³-hybridized carbons (Fsp3) is 0.636. The van der Waals surface area contributed by atoms with Gasteiger partial charge in [0.15, 0.2) is 0 Å². The van der Waals surface area contributed by atoms with Crippen LogP contribution in [0.15, 0.2) is 24.0 Å². The summed E-state index contributed by atoms with van der Waals surface area (Å²) >= 11 is 0. The molecule has 0 aliphatic rings. The molecule has 2 heteroatoms. The average Bonchev–Trinajstić information content (AvgIpc) is 2.09. The summed E-state index contributed by atoms with van der Waals surface area (Å²) in [6.45, 7) is 6.88. The Bertz CT molecular complexity index is 171. The van der Waals surface area contributed by atoms with Gasteiger partial charge in [-0.25, -0.2) is 0 Å². The summed E-state index contributed by atoms with van der Waals surface area (Å²) in [5, 5.41) is 0. The second kappa shape index (κ2) is 7.87. The van der Waals surface area contributed by atoms with E-state index in [0.717, 1.165) is 25.2 Å².